The zero-order chi connectivity index (χ0) is 23.9. The summed E-state index contributed by atoms with van der Waals surface area (Å²) in [4.78, 5) is 2.87. The van der Waals surface area contributed by atoms with Crippen molar-refractivity contribution < 1.29 is 19.3 Å². The van der Waals surface area contributed by atoms with Gasteiger partial charge in [0.1, 0.15) is 0 Å². The average Bonchev–Trinajstić information content (AvgIpc) is 3.57. The van der Waals surface area contributed by atoms with Crippen molar-refractivity contribution in [2.45, 2.75) is 93.5 Å². The van der Waals surface area contributed by atoms with Crippen LogP contribution in [-0.4, -0.2) is 56.7 Å². The van der Waals surface area contributed by atoms with E-state index < -0.39 is 0 Å². The minimum absolute atomic E-state index is 0.0255. The van der Waals surface area contributed by atoms with Crippen LogP contribution in [0.4, 0.5) is 0 Å². The number of likely N-dealkylation sites (tertiary alicyclic amines) is 1. The van der Waals surface area contributed by atoms with Gasteiger partial charge in [-0.2, -0.15) is 0 Å². The molecule has 0 amide bonds. The number of ether oxygens (including phenoxy) is 3. The van der Waals surface area contributed by atoms with E-state index in [-0.39, 0.29) is 38.8 Å². The van der Waals surface area contributed by atoms with Gasteiger partial charge < -0.3 is 0 Å². The van der Waals surface area contributed by atoms with E-state index in [9.17, 15) is 5.11 Å². The first-order valence-corrected chi connectivity index (χ1v) is 17.2. The first kappa shape index (κ1) is 23.5. The number of aromatic hydroxyl groups is 1. The van der Waals surface area contributed by atoms with Crippen LogP contribution in [0.15, 0.2) is 12.1 Å². The number of phenolic OH excluding ortho intramolecular Hbond substituents is 1. The molecule has 1 aromatic carbocycles. The first-order chi connectivity index (χ1) is 17.1. The molecular formula is C29H42INO4. The van der Waals surface area contributed by atoms with Crippen LogP contribution in [0.1, 0.15) is 70.4 Å². The van der Waals surface area contributed by atoms with Crippen LogP contribution in [0.2, 0.25) is 0 Å². The van der Waals surface area contributed by atoms with E-state index in [1.807, 2.05) is 19.9 Å². The molecular weight excluding hydrogens is 553 g/mol. The van der Waals surface area contributed by atoms with Crippen molar-refractivity contribution in [1.29, 1.82) is 0 Å². The zero-order valence-electron chi connectivity index (χ0n) is 21.5. The van der Waals surface area contributed by atoms with Crippen molar-refractivity contribution in [1.82, 2.24) is 4.90 Å². The van der Waals surface area contributed by atoms with Crippen molar-refractivity contribution in [3.8, 4) is 11.5 Å². The van der Waals surface area contributed by atoms with Gasteiger partial charge in [0.2, 0.25) is 0 Å². The van der Waals surface area contributed by atoms with Gasteiger partial charge in [0.25, 0.3) is 0 Å². The zero-order valence-corrected chi connectivity index (χ0v) is 23.8. The van der Waals surface area contributed by atoms with Crippen LogP contribution in [-0.2, 0) is 21.3 Å². The van der Waals surface area contributed by atoms with Gasteiger partial charge in [0.15, 0.2) is 0 Å². The van der Waals surface area contributed by atoms with E-state index in [1.54, 1.807) is 0 Å². The van der Waals surface area contributed by atoms with Crippen LogP contribution in [0, 0.1) is 23.2 Å². The molecule has 2 saturated heterocycles. The number of fused-ring (bicyclic) bond motifs is 3. The number of alkyl halides is 2. The molecule has 2 bridgehead atoms. The van der Waals surface area contributed by atoms with E-state index in [0.717, 1.165) is 18.1 Å². The average molecular weight is 596 g/mol. The Kier molecular flexibility index (Phi) is 5.70. The number of benzene rings is 1. The van der Waals surface area contributed by atoms with Crippen molar-refractivity contribution in [3.05, 3.63) is 23.3 Å². The van der Waals surface area contributed by atoms with Crippen LogP contribution in [0.3, 0.4) is 0 Å². The number of rotatable bonds is 6. The molecule has 5 nitrogen and oxygen atoms in total. The summed E-state index contributed by atoms with van der Waals surface area (Å²) in [5.74, 6) is 3.12. The number of hydrogen-bond acceptors (Lipinski definition) is 5. The summed E-state index contributed by atoms with van der Waals surface area (Å²) in [6, 6.07) is 4.77. The molecule has 7 unspecified atom stereocenters. The Morgan fingerprint density at radius 1 is 1.20 bits per heavy atom. The Labute approximate surface area is 220 Å². The van der Waals surface area contributed by atoms with E-state index in [2.05, 4.69) is 17.9 Å². The van der Waals surface area contributed by atoms with Crippen LogP contribution >= 0.6 is 21.2 Å². The predicted molar refractivity (Wildman–Crippen MR) is 146 cm³/mol. The number of unbranched alkanes of at least 4 members (excludes halogenated alkanes) is 1. The molecule has 4 aliphatic carbocycles. The van der Waals surface area contributed by atoms with E-state index in [1.165, 1.54) is 67.2 Å². The molecule has 3 saturated carbocycles. The molecule has 0 aromatic heterocycles. The van der Waals surface area contributed by atoms with Gasteiger partial charge in [-0.25, -0.2) is 0 Å². The maximum absolute atomic E-state index is 10.9. The molecule has 1 aromatic rings. The van der Waals surface area contributed by atoms with Gasteiger partial charge in [0.05, 0.1) is 0 Å². The van der Waals surface area contributed by atoms with Crippen molar-refractivity contribution in [2.24, 2.45) is 23.2 Å². The third-order valence-electron chi connectivity index (χ3n) is 10.3. The predicted octanol–water partition coefficient (Wildman–Crippen LogP) is 5.30. The van der Waals surface area contributed by atoms with E-state index in [0.29, 0.717) is 39.9 Å². The Balaban J connectivity index is 0.00000103. The maximum atomic E-state index is 10.9. The van der Waals surface area contributed by atoms with Gasteiger partial charge in [0, 0.05) is 0 Å². The molecule has 8 rings (SSSR count). The fourth-order valence-electron chi connectivity index (χ4n) is 9.12. The summed E-state index contributed by atoms with van der Waals surface area (Å²) in [7, 11) is 0. The second kappa shape index (κ2) is 8.47. The van der Waals surface area contributed by atoms with Gasteiger partial charge in [-0.1, -0.05) is 13.8 Å². The van der Waals surface area contributed by atoms with E-state index >= 15 is 0 Å². The summed E-state index contributed by atoms with van der Waals surface area (Å²) in [5, 5.41) is 10.9. The molecule has 7 aliphatic rings. The normalized spacial score (nSPS) is 43.9. The third-order valence-corrected chi connectivity index (χ3v) is 14.1. The Morgan fingerprint density at radius 2 is 2.06 bits per heavy atom. The summed E-state index contributed by atoms with van der Waals surface area (Å²) in [6.07, 6.45) is 9.21. The van der Waals surface area contributed by atoms with Crippen molar-refractivity contribution >= 4 is 21.2 Å². The topological polar surface area (TPSA) is 51.2 Å². The SMILES string of the molecule is CC.CCCC[IH]C1OCOC2C1CC1C3N(CC4CC4)CC34Cc3ccc(O)c5c3C1(C4)[C@H]2O5. The number of phenols is 1. The van der Waals surface area contributed by atoms with Crippen LogP contribution in [0.5, 0.6) is 11.5 Å². The monoisotopic (exact) mass is 595 g/mol. The Bertz CT molecular complexity index is 999. The summed E-state index contributed by atoms with van der Waals surface area (Å²) < 4.78 is 21.3. The number of nitrogens with zero attached hydrogens (tertiary/aromatic N) is 1. The fourth-order valence-corrected chi connectivity index (χ4v) is 13.0. The molecule has 1 N–H and O–H groups in total. The number of halogens is 1. The van der Waals surface area contributed by atoms with Gasteiger partial charge in [-0.05, 0) is 0 Å². The van der Waals surface area contributed by atoms with Gasteiger partial charge >= 0.3 is 207 Å². The third kappa shape index (κ3) is 3.15. The van der Waals surface area contributed by atoms with Crippen molar-refractivity contribution in [2.75, 3.05) is 24.3 Å². The van der Waals surface area contributed by atoms with Gasteiger partial charge in [-0.3, -0.25) is 0 Å². The Hall–Kier alpha value is -0.570. The number of hydrogen-bond donors (Lipinski definition) is 1. The molecule has 2 spiro atoms. The second-order valence-corrected chi connectivity index (χ2v) is 15.5. The quantitative estimate of drug-likeness (QED) is 0.275. The molecule has 35 heavy (non-hydrogen) atoms. The second-order valence-electron chi connectivity index (χ2n) is 12.1. The molecule has 194 valence electrons. The first-order valence-electron chi connectivity index (χ1n) is 14.3. The minimum atomic E-state index is -0.205. The van der Waals surface area contributed by atoms with E-state index in [4.69, 9.17) is 14.2 Å². The molecule has 3 aliphatic heterocycles. The molecule has 0 radical (unpaired) electrons. The van der Waals surface area contributed by atoms with Gasteiger partial charge in [-0.15, -0.1) is 0 Å². The summed E-state index contributed by atoms with van der Waals surface area (Å²) >= 11 is -0.205. The molecule has 3 heterocycles. The summed E-state index contributed by atoms with van der Waals surface area (Å²) in [5.41, 5.74) is 3.25. The molecule has 6 heteroatoms. The summed E-state index contributed by atoms with van der Waals surface area (Å²) in [6.45, 7) is 9.27. The standard InChI is InChI=1S/C27H36INO4.C2H6/c1-2-3-8-28-25-17-9-18-23-26(13-29(23)11-15-4-5-15)10-16-6-7-19(30)22-20(16)27(18,12-26)24(33-22)21(17)31-14-32-25;1-2/h6-7,15,17-18,21,23-25,28,30H,2-5,8-14H2,1H3;1-2H3/t17?,18?,21?,23?,24-,25?,26?,27?;/m0./s1. The van der Waals surface area contributed by atoms with Crippen LogP contribution < -0.4 is 4.74 Å². The van der Waals surface area contributed by atoms with Crippen molar-refractivity contribution in [3.63, 3.8) is 0 Å². The Morgan fingerprint density at radius 3 is 2.86 bits per heavy atom. The molecule has 5 fully saturated rings. The molecule has 8 atom stereocenters. The van der Waals surface area contributed by atoms with Crippen LogP contribution in [0.25, 0.3) is 0 Å². The fraction of sp³-hybridized carbons (Fsp3) is 0.793.